The average Bonchev–Trinajstić information content (AvgIpc) is 3.11. The van der Waals surface area contributed by atoms with Crippen LogP contribution in [0.3, 0.4) is 0 Å². The molecule has 2 aromatic rings. The number of rotatable bonds is 4. The van der Waals surface area contributed by atoms with Gasteiger partial charge in [-0.25, -0.2) is 4.98 Å². The summed E-state index contributed by atoms with van der Waals surface area (Å²) >= 11 is 1.41. The molecule has 1 unspecified atom stereocenters. The van der Waals surface area contributed by atoms with E-state index in [1.807, 2.05) is 5.38 Å². The molecule has 1 amide bonds. The lowest BCUT2D eigenvalue weighted by molar-refractivity contribution is -0.118. The van der Waals surface area contributed by atoms with E-state index in [1.54, 1.807) is 13.1 Å². The molecule has 1 fully saturated rings. The molecule has 3 heterocycles. The van der Waals surface area contributed by atoms with Gasteiger partial charge in [0.1, 0.15) is 0 Å². The number of carbonyl (C=O) groups is 1. The Bertz CT molecular complexity index is 597. The first-order chi connectivity index (χ1) is 10.2. The van der Waals surface area contributed by atoms with E-state index in [4.69, 9.17) is 4.52 Å². The standard InChI is InChI=1S/C13H17N5O2S/c1-9-15-12(20-17-9)10-4-2-3-6-18(10)8-11(19)16-13-14-5-7-21-13/h5,7,10H,2-4,6,8H2,1H3,(H,14,16,19). The minimum absolute atomic E-state index is 0.0296. The summed E-state index contributed by atoms with van der Waals surface area (Å²) in [7, 11) is 0. The predicted molar refractivity (Wildman–Crippen MR) is 77.9 cm³/mol. The third-order valence-corrected chi connectivity index (χ3v) is 4.16. The highest BCUT2D eigenvalue weighted by molar-refractivity contribution is 7.13. The van der Waals surface area contributed by atoms with Crippen LogP contribution < -0.4 is 5.32 Å². The van der Waals surface area contributed by atoms with Crippen LogP contribution in [0.5, 0.6) is 0 Å². The van der Waals surface area contributed by atoms with Crippen molar-refractivity contribution in [2.45, 2.75) is 32.2 Å². The highest BCUT2D eigenvalue weighted by Gasteiger charge is 2.29. The van der Waals surface area contributed by atoms with Crippen LogP contribution in [0.2, 0.25) is 0 Å². The Hall–Kier alpha value is -1.80. The van der Waals surface area contributed by atoms with Crippen LogP contribution in [0.25, 0.3) is 0 Å². The number of thiazole rings is 1. The van der Waals surface area contributed by atoms with Crippen molar-refractivity contribution in [3.63, 3.8) is 0 Å². The Labute approximate surface area is 126 Å². The summed E-state index contributed by atoms with van der Waals surface area (Å²) in [6.45, 7) is 2.97. The number of amides is 1. The van der Waals surface area contributed by atoms with Crippen molar-refractivity contribution >= 4 is 22.4 Å². The molecule has 0 aliphatic carbocycles. The maximum Gasteiger partial charge on any atom is 0.243 e. The third kappa shape index (κ3) is 3.45. The van der Waals surface area contributed by atoms with Crippen LogP contribution in [-0.2, 0) is 4.79 Å². The number of nitrogens with zero attached hydrogens (tertiary/aromatic N) is 4. The smallest absolute Gasteiger partial charge is 0.243 e. The summed E-state index contributed by atoms with van der Waals surface area (Å²) < 4.78 is 5.28. The molecule has 2 aromatic heterocycles. The highest BCUT2D eigenvalue weighted by atomic mass is 32.1. The molecule has 1 saturated heterocycles. The Morgan fingerprint density at radius 1 is 1.57 bits per heavy atom. The largest absolute Gasteiger partial charge is 0.338 e. The number of aryl methyl sites for hydroxylation is 1. The number of carbonyl (C=O) groups excluding carboxylic acids is 1. The maximum absolute atomic E-state index is 12.1. The Morgan fingerprint density at radius 3 is 3.19 bits per heavy atom. The van der Waals surface area contributed by atoms with Crippen molar-refractivity contribution in [1.29, 1.82) is 0 Å². The quantitative estimate of drug-likeness (QED) is 0.930. The fourth-order valence-electron chi connectivity index (χ4n) is 2.54. The maximum atomic E-state index is 12.1. The van der Waals surface area contributed by atoms with Crippen molar-refractivity contribution in [3.05, 3.63) is 23.3 Å². The summed E-state index contributed by atoms with van der Waals surface area (Å²) in [4.78, 5) is 22.6. The fraction of sp³-hybridized carbons (Fsp3) is 0.538. The normalized spacial score (nSPS) is 19.6. The minimum Gasteiger partial charge on any atom is -0.338 e. The SMILES string of the molecule is Cc1noc(C2CCCCN2CC(=O)Nc2nccs2)n1. The molecule has 0 bridgehead atoms. The fourth-order valence-corrected chi connectivity index (χ4v) is 3.08. The van der Waals surface area contributed by atoms with Gasteiger partial charge in [-0.1, -0.05) is 11.6 Å². The van der Waals surface area contributed by atoms with Gasteiger partial charge in [-0.05, 0) is 26.3 Å². The lowest BCUT2D eigenvalue weighted by Gasteiger charge is -2.32. The lowest BCUT2D eigenvalue weighted by atomic mass is 10.0. The van der Waals surface area contributed by atoms with Crippen molar-refractivity contribution in [2.24, 2.45) is 0 Å². The molecule has 0 radical (unpaired) electrons. The molecular weight excluding hydrogens is 290 g/mol. The topological polar surface area (TPSA) is 84.2 Å². The summed E-state index contributed by atoms with van der Waals surface area (Å²) in [6.07, 6.45) is 4.79. The van der Waals surface area contributed by atoms with Gasteiger partial charge >= 0.3 is 0 Å². The summed E-state index contributed by atoms with van der Waals surface area (Å²) in [5, 5.41) is 9.11. The number of anilines is 1. The van der Waals surface area contributed by atoms with E-state index in [-0.39, 0.29) is 11.9 Å². The Morgan fingerprint density at radius 2 is 2.48 bits per heavy atom. The number of hydrogen-bond donors (Lipinski definition) is 1. The zero-order valence-electron chi connectivity index (χ0n) is 11.8. The summed E-state index contributed by atoms with van der Waals surface area (Å²) in [5.41, 5.74) is 0. The monoisotopic (exact) mass is 307 g/mol. The van der Waals surface area contributed by atoms with Gasteiger partial charge in [-0.15, -0.1) is 11.3 Å². The van der Waals surface area contributed by atoms with E-state index < -0.39 is 0 Å². The van der Waals surface area contributed by atoms with Crippen LogP contribution in [0.1, 0.15) is 37.0 Å². The van der Waals surface area contributed by atoms with Gasteiger partial charge in [-0.3, -0.25) is 9.69 Å². The molecule has 1 aliphatic rings. The van der Waals surface area contributed by atoms with Crippen LogP contribution in [0, 0.1) is 6.92 Å². The van der Waals surface area contributed by atoms with Crippen LogP contribution in [-0.4, -0.2) is 39.0 Å². The minimum atomic E-state index is -0.0620. The van der Waals surface area contributed by atoms with Gasteiger partial charge in [-0.2, -0.15) is 4.98 Å². The number of nitrogens with one attached hydrogen (secondary N) is 1. The number of hydrogen-bond acceptors (Lipinski definition) is 7. The number of piperidine rings is 1. The van der Waals surface area contributed by atoms with Crippen molar-refractivity contribution in [2.75, 3.05) is 18.4 Å². The van der Waals surface area contributed by atoms with Gasteiger partial charge < -0.3 is 9.84 Å². The van der Waals surface area contributed by atoms with E-state index in [9.17, 15) is 4.79 Å². The second-order valence-electron chi connectivity index (χ2n) is 5.05. The van der Waals surface area contributed by atoms with Crippen molar-refractivity contribution in [3.8, 4) is 0 Å². The van der Waals surface area contributed by atoms with Gasteiger partial charge in [0, 0.05) is 11.6 Å². The van der Waals surface area contributed by atoms with E-state index >= 15 is 0 Å². The molecule has 7 nitrogen and oxygen atoms in total. The summed E-state index contributed by atoms with van der Waals surface area (Å²) in [5.74, 6) is 1.17. The van der Waals surface area contributed by atoms with Gasteiger partial charge in [0.15, 0.2) is 11.0 Å². The first-order valence-corrected chi connectivity index (χ1v) is 7.84. The van der Waals surface area contributed by atoms with Crippen LogP contribution in [0.15, 0.2) is 16.1 Å². The van der Waals surface area contributed by atoms with E-state index in [0.717, 1.165) is 25.8 Å². The van der Waals surface area contributed by atoms with E-state index in [2.05, 4.69) is 25.3 Å². The molecular formula is C13H17N5O2S. The van der Waals surface area contributed by atoms with Gasteiger partial charge in [0.05, 0.1) is 12.6 Å². The van der Waals surface area contributed by atoms with Crippen LogP contribution >= 0.6 is 11.3 Å². The predicted octanol–water partition coefficient (Wildman–Crippen LogP) is 2.00. The molecule has 1 aliphatic heterocycles. The van der Waals surface area contributed by atoms with E-state index in [1.165, 1.54) is 11.3 Å². The zero-order valence-corrected chi connectivity index (χ0v) is 12.6. The second-order valence-corrected chi connectivity index (χ2v) is 5.94. The number of likely N-dealkylation sites (tertiary alicyclic amines) is 1. The first kappa shape index (κ1) is 14.2. The molecule has 8 heteroatoms. The Balaban J connectivity index is 1.65. The van der Waals surface area contributed by atoms with Gasteiger partial charge in [0.25, 0.3) is 0 Å². The van der Waals surface area contributed by atoms with Crippen molar-refractivity contribution < 1.29 is 9.32 Å². The molecule has 21 heavy (non-hydrogen) atoms. The zero-order chi connectivity index (χ0) is 14.7. The molecule has 1 atom stereocenters. The van der Waals surface area contributed by atoms with E-state index in [0.29, 0.717) is 23.4 Å². The summed E-state index contributed by atoms with van der Waals surface area (Å²) in [6, 6.07) is 0.0296. The molecule has 0 saturated carbocycles. The lowest BCUT2D eigenvalue weighted by Crippen LogP contribution is -2.39. The average molecular weight is 307 g/mol. The third-order valence-electron chi connectivity index (χ3n) is 3.47. The number of aromatic nitrogens is 3. The Kier molecular flexibility index (Phi) is 4.26. The molecule has 112 valence electrons. The molecule has 0 aromatic carbocycles. The highest BCUT2D eigenvalue weighted by Crippen LogP contribution is 2.29. The first-order valence-electron chi connectivity index (χ1n) is 6.96. The van der Waals surface area contributed by atoms with Crippen molar-refractivity contribution in [1.82, 2.24) is 20.0 Å². The van der Waals surface area contributed by atoms with Gasteiger partial charge in [0.2, 0.25) is 11.8 Å². The molecule has 3 rings (SSSR count). The molecule has 1 N–H and O–H groups in total. The molecule has 0 spiro atoms. The second kappa shape index (κ2) is 6.31. The van der Waals surface area contributed by atoms with Crippen LogP contribution in [0.4, 0.5) is 5.13 Å².